The molecule has 0 aliphatic heterocycles. The molecule has 1 saturated carbocycles. The Balaban J connectivity index is 2.05. The molecule has 0 saturated heterocycles. The van der Waals surface area contributed by atoms with E-state index in [4.69, 9.17) is 0 Å². The number of rotatable bonds is 10. The van der Waals surface area contributed by atoms with Gasteiger partial charge in [-0.2, -0.15) is 0 Å². The van der Waals surface area contributed by atoms with Crippen LogP contribution in [0.25, 0.3) is 0 Å². The Hall–Kier alpha value is -0.820. The molecule has 1 aromatic rings. The van der Waals surface area contributed by atoms with Gasteiger partial charge in [-0.1, -0.05) is 63.9 Å². The fourth-order valence-electron chi connectivity index (χ4n) is 3.95. The van der Waals surface area contributed by atoms with Crippen molar-refractivity contribution in [3.05, 3.63) is 35.9 Å². The van der Waals surface area contributed by atoms with Crippen molar-refractivity contribution in [2.75, 3.05) is 13.1 Å². The van der Waals surface area contributed by atoms with Crippen LogP contribution in [0.3, 0.4) is 0 Å². The van der Waals surface area contributed by atoms with Crippen molar-refractivity contribution in [1.29, 1.82) is 0 Å². The average Bonchev–Trinajstić information content (AvgIpc) is 3.33. The van der Waals surface area contributed by atoms with Gasteiger partial charge in [0.2, 0.25) is 0 Å². The quantitative estimate of drug-likeness (QED) is 0.570. The lowest BCUT2D eigenvalue weighted by atomic mass is 9.74. The first kappa shape index (κ1) is 16.5. The summed E-state index contributed by atoms with van der Waals surface area (Å²) < 4.78 is 0. The van der Waals surface area contributed by atoms with Crippen LogP contribution in [-0.2, 0) is 0 Å². The summed E-state index contributed by atoms with van der Waals surface area (Å²) in [4.78, 5) is 0. The van der Waals surface area contributed by atoms with E-state index in [-0.39, 0.29) is 0 Å². The smallest absolute Gasteiger partial charge is 0.00106 e. The molecule has 0 radical (unpaired) electrons. The minimum Gasteiger partial charge on any atom is -0.316 e. The van der Waals surface area contributed by atoms with Crippen LogP contribution in [0.15, 0.2) is 30.3 Å². The maximum Gasteiger partial charge on any atom is 0.00106 e. The van der Waals surface area contributed by atoms with Gasteiger partial charge in [0.1, 0.15) is 0 Å². The van der Waals surface area contributed by atoms with Gasteiger partial charge in [0.15, 0.2) is 0 Å². The molecule has 0 heterocycles. The minimum atomic E-state index is 0.520. The summed E-state index contributed by atoms with van der Waals surface area (Å²) >= 11 is 0. The molecule has 21 heavy (non-hydrogen) atoms. The standard InChI is InChI=1S/C20H33N/c1-4-7-13-20(6-3,16-21-14-5-2)19-15-18(19)17-11-9-8-10-12-17/h8-12,18-19,21H,4-7,13-16H2,1-3H3. The Labute approximate surface area is 131 Å². The lowest BCUT2D eigenvalue weighted by Crippen LogP contribution is -2.36. The molecule has 1 nitrogen and oxygen atoms in total. The summed E-state index contributed by atoms with van der Waals surface area (Å²) in [6.07, 6.45) is 8.04. The number of hydrogen-bond donors (Lipinski definition) is 1. The van der Waals surface area contributed by atoms with Gasteiger partial charge in [-0.25, -0.2) is 0 Å². The molecule has 1 aliphatic rings. The lowest BCUT2D eigenvalue weighted by Gasteiger charge is -2.34. The maximum absolute atomic E-state index is 3.73. The Kier molecular flexibility index (Phi) is 6.29. The minimum absolute atomic E-state index is 0.520. The van der Waals surface area contributed by atoms with Gasteiger partial charge in [-0.15, -0.1) is 0 Å². The summed E-state index contributed by atoms with van der Waals surface area (Å²) in [6, 6.07) is 11.2. The predicted molar refractivity (Wildman–Crippen MR) is 92.7 cm³/mol. The molecular formula is C20H33N. The maximum atomic E-state index is 3.73. The second-order valence-corrected chi connectivity index (χ2v) is 6.86. The molecule has 1 heteroatoms. The van der Waals surface area contributed by atoms with Crippen LogP contribution in [0.2, 0.25) is 0 Å². The molecule has 1 aromatic carbocycles. The third-order valence-corrected chi connectivity index (χ3v) is 5.44. The zero-order valence-corrected chi connectivity index (χ0v) is 14.2. The van der Waals surface area contributed by atoms with Crippen molar-refractivity contribution in [1.82, 2.24) is 5.32 Å². The van der Waals surface area contributed by atoms with Crippen molar-refractivity contribution >= 4 is 0 Å². The third-order valence-electron chi connectivity index (χ3n) is 5.44. The topological polar surface area (TPSA) is 12.0 Å². The molecule has 2 rings (SSSR count). The van der Waals surface area contributed by atoms with Crippen LogP contribution < -0.4 is 5.32 Å². The Morgan fingerprint density at radius 2 is 1.86 bits per heavy atom. The van der Waals surface area contributed by atoms with Crippen LogP contribution in [0, 0.1) is 11.3 Å². The van der Waals surface area contributed by atoms with E-state index in [2.05, 4.69) is 56.4 Å². The first-order valence-electron chi connectivity index (χ1n) is 9.03. The van der Waals surface area contributed by atoms with Crippen molar-refractivity contribution in [3.8, 4) is 0 Å². The largest absolute Gasteiger partial charge is 0.316 e. The van der Waals surface area contributed by atoms with E-state index >= 15 is 0 Å². The van der Waals surface area contributed by atoms with Crippen LogP contribution in [0.5, 0.6) is 0 Å². The first-order valence-corrected chi connectivity index (χ1v) is 9.03. The van der Waals surface area contributed by atoms with E-state index in [0.29, 0.717) is 5.41 Å². The molecular weight excluding hydrogens is 254 g/mol. The molecule has 1 fully saturated rings. The number of unbranched alkanes of at least 4 members (excludes halogenated alkanes) is 1. The van der Waals surface area contributed by atoms with Gasteiger partial charge in [0, 0.05) is 6.54 Å². The summed E-state index contributed by atoms with van der Waals surface area (Å²) in [5.41, 5.74) is 2.08. The van der Waals surface area contributed by atoms with Gasteiger partial charge >= 0.3 is 0 Å². The summed E-state index contributed by atoms with van der Waals surface area (Å²) in [7, 11) is 0. The molecule has 1 aliphatic carbocycles. The predicted octanol–water partition coefficient (Wildman–Crippen LogP) is 5.38. The molecule has 3 atom stereocenters. The van der Waals surface area contributed by atoms with E-state index in [1.165, 1.54) is 45.1 Å². The summed E-state index contributed by atoms with van der Waals surface area (Å²) in [6.45, 7) is 9.36. The number of nitrogens with one attached hydrogen (secondary N) is 1. The number of benzene rings is 1. The van der Waals surface area contributed by atoms with E-state index in [9.17, 15) is 0 Å². The van der Waals surface area contributed by atoms with Gasteiger partial charge in [0.05, 0.1) is 0 Å². The molecule has 0 aromatic heterocycles. The second kappa shape index (κ2) is 7.98. The third kappa shape index (κ3) is 4.10. The molecule has 118 valence electrons. The monoisotopic (exact) mass is 287 g/mol. The highest BCUT2D eigenvalue weighted by Gasteiger charge is 2.51. The van der Waals surface area contributed by atoms with Crippen molar-refractivity contribution in [2.24, 2.45) is 11.3 Å². The van der Waals surface area contributed by atoms with E-state index in [1.54, 1.807) is 5.56 Å². The first-order chi connectivity index (χ1) is 10.3. The molecule has 0 bridgehead atoms. The summed E-state index contributed by atoms with van der Waals surface area (Å²) in [5, 5.41) is 3.73. The fraction of sp³-hybridized carbons (Fsp3) is 0.700. The highest BCUT2D eigenvalue weighted by atomic mass is 14.9. The Morgan fingerprint density at radius 1 is 1.10 bits per heavy atom. The van der Waals surface area contributed by atoms with E-state index < -0.39 is 0 Å². The SMILES string of the molecule is CCCCC(CC)(CNCCC)C1CC1c1ccccc1. The van der Waals surface area contributed by atoms with Gasteiger partial charge in [-0.3, -0.25) is 0 Å². The highest BCUT2D eigenvalue weighted by molar-refractivity contribution is 5.27. The van der Waals surface area contributed by atoms with Crippen LogP contribution in [0.4, 0.5) is 0 Å². The van der Waals surface area contributed by atoms with Crippen molar-refractivity contribution in [2.45, 2.75) is 65.2 Å². The Bertz CT molecular complexity index is 400. The van der Waals surface area contributed by atoms with Gasteiger partial charge < -0.3 is 5.32 Å². The van der Waals surface area contributed by atoms with Crippen LogP contribution in [-0.4, -0.2) is 13.1 Å². The number of hydrogen-bond acceptors (Lipinski definition) is 1. The van der Waals surface area contributed by atoms with Crippen LogP contribution >= 0.6 is 0 Å². The highest BCUT2D eigenvalue weighted by Crippen LogP contribution is 2.59. The van der Waals surface area contributed by atoms with Crippen LogP contribution in [0.1, 0.15) is 70.8 Å². The van der Waals surface area contributed by atoms with E-state index in [0.717, 1.165) is 18.4 Å². The summed E-state index contributed by atoms with van der Waals surface area (Å²) in [5.74, 6) is 1.70. The zero-order chi connectivity index (χ0) is 15.1. The normalized spacial score (nSPS) is 23.8. The molecule has 0 spiro atoms. The van der Waals surface area contributed by atoms with Gasteiger partial charge in [0.25, 0.3) is 0 Å². The average molecular weight is 287 g/mol. The zero-order valence-electron chi connectivity index (χ0n) is 14.2. The second-order valence-electron chi connectivity index (χ2n) is 6.86. The fourth-order valence-corrected chi connectivity index (χ4v) is 3.95. The van der Waals surface area contributed by atoms with E-state index in [1.807, 2.05) is 0 Å². The lowest BCUT2D eigenvalue weighted by molar-refractivity contribution is 0.188. The Morgan fingerprint density at radius 3 is 2.48 bits per heavy atom. The van der Waals surface area contributed by atoms with Crippen molar-refractivity contribution in [3.63, 3.8) is 0 Å². The molecule has 3 unspecified atom stereocenters. The molecule has 1 N–H and O–H groups in total. The molecule has 0 amide bonds. The van der Waals surface area contributed by atoms with Gasteiger partial charge in [-0.05, 0) is 55.0 Å². The van der Waals surface area contributed by atoms with Crippen molar-refractivity contribution < 1.29 is 0 Å².